The van der Waals surface area contributed by atoms with E-state index < -0.39 is 0 Å². The first kappa shape index (κ1) is 18.9. The molecule has 0 bridgehead atoms. The van der Waals surface area contributed by atoms with Crippen molar-refractivity contribution in [2.45, 2.75) is 52.5 Å². The molecule has 2 aromatic rings. The van der Waals surface area contributed by atoms with Gasteiger partial charge in [-0.05, 0) is 44.9 Å². The molecule has 5 nitrogen and oxygen atoms in total. The monoisotopic (exact) mass is 374 g/mol. The first-order chi connectivity index (χ1) is 12.5. The number of aryl methyl sites for hydroxylation is 1. The summed E-state index contributed by atoms with van der Waals surface area (Å²) in [6, 6.07) is 5.97. The van der Waals surface area contributed by atoms with Crippen molar-refractivity contribution in [1.82, 2.24) is 14.9 Å². The number of hydrogen-bond donors (Lipinski definition) is 0. The molecule has 0 unspecified atom stereocenters. The normalized spacial score (nSPS) is 14.4. The van der Waals surface area contributed by atoms with Crippen LogP contribution in [-0.4, -0.2) is 46.5 Å². The second-order valence-electron chi connectivity index (χ2n) is 7.10. The lowest BCUT2D eigenvalue weighted by molar-refractivity contribution is -0.129. The number of fused-ring (bicyclic) bond motifs is 1. The van der Waals surface area contributed by atoms with E-state index in [1.807, 2.05) is 30.0 Å². The van der Waals surface area contributed by atoms with Gasteiger partial charge in [-0.3, -0.25) is 4.79 Å². The highest BCUT2D eigenvalue weighted by atomic mass is 35.5. The molecule has 0 N–H and O–H groups in total. The zero-order valence-corrected chi connectivity index (χ0v) is 16.6. The van der Waals surface area contributed by atoms with Crippen LogP contribution in [0.15, 0.2) is 18.2 Å². The van der Waals surface area contributed by atoms with Crippen LogP contribution in [0.4, 0.5) is 5.82 Å². The highest BCUT2D eigenvalue weighted by Gasteiger charge is 2.22. The Balaban J connectivity index is 1.90. The molecule has 0 saturated carbocycles. The molecular formula is C20H27ClN4O. The van der Waals surface area contributed by atoms with E-state index in [0.29, 0.717) is 18.0 Å². The average molecular weight is 375 g/mol. The number of nitrogens with zero attached hydrogens (tertiary/aromatic N) is 4. The van der Waals surface area contributed by atoms with E-state index in [2.05, 4.69) is 23.7 Å². The number of benzene rings is 1. The number of rotatable bonds is 6. The molecule has 0 radical (unpaired) electrons. The maximum Gasteiger partial charge on any atom is 0.224 e. The zero-order valence-electron chi connectivity index (χ0n) is 15.8. The maximum absolute atomic E-state index is 12.5. The number of anilines is 1. The second kappa shape index (κ2) is 8.21. The van der Waals surface area contributed by atoms with Gasteiger partial charge in [0, 0.05) is 48.9 Å². The lowest BCUT2D eigenvalue weighted by Gasteiger charge is -2.29. The van der Waals surface area contributed by atoms with Crippen molar-refractivity contribution in [2.75, 3.05) is 24.5 Å². The molecule has 26 heavy (non-hydrogen) atoms. The highest BCUT2D eigenvalue weighted by Crippen LogP contribution is 2.28. The van der Waals surface area contributed by atoms with Gasteiger partial charge in [-0.15, -0.1) is 0 Å². The predicted molar refractivity (Wildman–Crippen MR) is 107 cm³/mol. The number of carbonyl (C=O) groups excluding carboxylic acids is 1. The van der Waals surface area contributed by atoms with Gasteiger partial charge in [0.1, 0.15) is 11.6 Å². The van der Waals surface area contributed by atoms with E-state index in [0.717, 1.165) is 54.9 Å². The van der Waals surface area contributed by atoms with E-state index in [9.17, 15) is 4.79 Å². The van der Waals surface area contributed by atoms with Crippen LogP contribution in [0.3, 0.4) is 0 Å². The van der Waals surface area contributed by atoms with Gasteiger partial charge in [-0.1, -0.05) is 18.5 Å². The third-order valence-corrected chi connectivity index (χ3v) is 5.16. The van der Waals surface area contributed by atoms with E-state index in [4.69, 9.17) is 16.6 Å². The fourth-order valence-electron chi connectivity index (χ4n) is 3.46. The molecule has 0 spiro atoms. The Hall–Kier alpha value is -1.88. The number of carbonyl (C=O) groups is 1. The van der Waals surface area contributed by atoms with Crippen molar-refractivity contribution in [3.63, 3.8) is 0 Å². The van der Waals surface area contributed by atoms with Gasteiger partial charge in [0.2, 0.25) is 5.91 Å². The fraction of sp³-hybridized carbons (Fsp3) is 0.550. The first-order valence-corrected chi connectivity index (χ1v) is 9.88. The van der Waals surface area contributed by atoms with Crippen LogP contribution in [0.5, 0.6) is 0 Å². The minimum atomic E-state index is 0.236. The minimum Gasteiger partial charge on any atom is -0.353 e. The van der Waals surface area contributed by atoms with Gasteiger partial charge in [-0.25, -0.2) is 9.97 Å². The Morgan fingerprint density at radius 2 is 2.00 bits per heavy atom. The van der Waals surface area contributed by atoms with Crippen LogP contribution < -0.4 is 4.90 Å². The molecule has 1 fully saturated rings. The van der Waals surface area contributed by atoms with Gasteiger partial charge in [0.15, 0.2) is 0 Å². The lowest BCUT2D eigenvalue weighted by atomic mass is 10.2. The molecule has 140 valence electrons. The number of aromatic nitrogens is 2. The molecule has 0 aliphatic carbocycles. The molecule has 1 amide bonds. The summed E-state index contributed by atoms with van der Waals surface area (Å²) >= 11 is 6.16. The summed E-state index contributed by atoms with van der Waals surface area (Å²) in [5, 5.41) is 1.65. The van der Waals surface area contributed by atoms with Crippen LogP contribution >= 0.6 is 11.6 Å². The smallest absolute Gasteiger partial charge is 0.224 e. The van der Waals surface area contributed by atoms with Crippen molar-refractivity contribution < 1.29 is 4.79 Å². The molecule has 6 heteroatoms. The largest absolute Gasteiger partial charge is 0.353 e. The standard InChI is InChI=1S/C20H27ClN4O/c1-4-18-22-17-13-15(21)7-8-16(17)20(23-18)25(14(2)3)12-9-19(26)24-10-5-6-11-24/h7-8,13-14H,4-6,9-12H2,1-3H3. The summed E-state index contributed by atoms with van der Waals surface area (Å²) in [6.45, 7) is 8.77. The third kappa shape index (κ3) is 4.09. The Labute approximate surface area is 160 Å². The summed E-state index contributed by atoms with van der Waals surface area (Å²) < 4.78 is 0. The van der Waals surface area contributed by atoms with Crippen LogP contribution in [0.1, 0.15) is 45.9 Å². The first-order valence-electron chi connectivity index (χ1n) is 9.50. The van der Waals surface area contributed by atoms with E-state index in [-0.39, 0.29) is 11.9 Å². The fourth-order valence-corrected chi connectivity index (χ4v) is 3.63. The third-order valence-electron chi connectivity index (χ3n) is 4.92. The molecule has 1 aromatic heterocycles. The number of hydrogen-bond acceptors (Lipinski definition) is 4. The molecule has 1 aliphatic rings. The molecule has 0 atom stereocenters. The Morgan fingerprint density at radius 3 is 2.65 bits per heavy atom. The SMILES string of the molecule is CCc1nc(N(CCC(=O)N2CCCC2)C(C)C)c2ccc(Cl)cc2n1. The van der Waals surface area contributed by atoms with Crippen LogP contribution in [0.2, 0.25) is 5.02 Å². The summed E-state index contributed by atoms with van der Waals surface area (Å²) in [4.78, 5) is 26.1. The molecule has 1 saturated heterocycles. The van der Waals surface area contributed by atoms with Gasteiger partial charge < -0.3 is 9.80 Å². The van der Waals surface area contributed by atoms with Crippen LogP contribution in [0, 0.1) is 0 Å². The Kier molecular flexibility index (Phi) is 5.97. The maximum atomic E-state index is 12.5. The topological polar surface area (TPSA) is 49.3 Å². The second-order valence-corrected chi connectivity index (χ2v) is 7.54. The molecule has 3 rings (SSSR count). The van der Waals surface area contributed by atoms with Gasteiger partial charge >= 0.3 is 0 Å². The van der Waals surface area contributed by atoms with Gasteiger partial charge in [0.05, 0.1) is 5.52 Å². The molecule has 2 heterocycles. The molecule has 1 aromatic carbocycles. The predicted octanol–water partition coefficient (Wildman–Crippen LogP) is 4.07. The lowest BCUT2D eigenvalue weighted by Crippen LogP contribution is -2.37. The number of amides is 1. The quantitative estimate of drug-likeness (QED) is 0.764. The van der Waals surface area contributed by atoms with Crippen molar-refractivity contribution in [2.24, 2.45) is 0 Å². The summed E-state index contributed by atoms with van der Waals surface area (Å²) in [7, 11) is 0. The van der Waals surface area contributed by atoms with E-state index in [1.165, 1.54) is 0 Å². The van der Waals surface area contributed by atoms with E-state index in [1.54, 1.807) is 0 Å². The van der Waals surface area contributed by atoms with Gasteiger partial charge in [0.25, 0.3) is 0 Å². The summed E-state index contributed by atoms with van der Waals surface area (Å²) in [6.07, 6.45) is 3.51. The average Bonchev–Trinajstić information content (AvgIpc) is 3.15. The van der Waals surface area contributed by atoms with Crippen molar-refractivity contribution in [1.29, 1.82) is 0 Å². The van der Waals surface area contributed by atoms with Crippen LogP contribution in [-0.2, 0) is 11.2 Å². The summed E-state index contributed by atoms with van der Waals surface area (Å²) in [5.74, 6) is 1.93. The van der Waals surface area contributed by atoms with Gasteiger partial charge in [-0.2, -0.15) is 0 Å². The number of likely N-dealkylation sites (tertiary alicyclic amines) is 1. The molecular weight excluding hydrogens is 348 g/mol. The van der Waals surface area contributed by atoms with Crippen molar-refractivity contribution in [3.8, 4) is 0 Å². The van der Waals surface area contributed by atoms with E-state index >= 15 is 0 Å². The Morgan fingerprint density at radius 1 is 1.27 bits per heavy atom. The van der Waals surface area contributed by atoms with Crippen molar-refractivity contribution >= 4 is 34.2 Å². The zero-order chi connectivity index (χ0) is 18.7. The molecule has 1 aliphatic heterocycles. The minimum absolute atomic E-state index is 0.236. The van der Waals surface area contributed by atoms with Crippen LogP contribution in [0.25, 0.3) is 10.9 Å². The highest BCUT2D eigenvalue weighted by molar-refractivity contribution is 6.31. The van der Waals surface area contributed by atoms with Crippen molar-refractivity contribution in [3.05, 3.63) is 29.0 Å². The summed E-state index contributed by atoms with van der Waals surface area (Å²) in [5.41, 5.74) is 0.857. The number of halogens is 1. The Bertz CT molecular complexity index is 787.